The van der Waals surface area contributed by atoms with Crippen LogP contribution >= 0.6 is 11.6 Å². The van der Waals surface area contributed by atoms with Crippen LogP contribution < -0.4 is 5.32 Å². The molecule has 0 bridgehead atoms. The number of rotatable bonds is 4. The molecule has 4 nitrogen and oxygen atoms in total. The lowest BCUT2D eigenvalue weighted by atomic mass is 10.2. The maximum absolute atomic E-state index is 13.2. The Morgan fingerprint density at radius 2 is 1.96 bits per heavy atom. The van der Waals surface area contributed by atoms with Crippen LogP contribution in [0.1, 0.15) is 15.9 Å². The molecule has 0 spiro atoms. The van der Waals surface area contributed by atoms with Crippen molar-refractivity contribution >= 4 is 23.3 Å². The molecule has 3 rings (SSSR count). The molecule has 116 valence electrons. The molecule has 0 fully saturated rings. The van der Waals surface area contributed by atoms with Crippen LogP contribution in [0.25, 0.3) is 0 Å². The van der Waals surface area contributed by atoms with E-state index in [0.29, 0.717) is 11.6 Å². The number of carbonyl (C=O) groups excluding carboxylic acids is 1. The van der Waals surface area contributed by atoms with Gasteiger partial charge in [-0.1, -0.05) is 48.0 Å². The van der Waals surface area contributed by atoms with Crippen LogP contribution in [-0.4, -0.2) is 15.7 Å². The zero-order valence-electron chi connectivity index (χ0n) is 12.0. The fraction of sp³-hybridized carbons (Fsp3) is 0.0588. The fourth-order valence-corrected chi connectivity index (χ4v) is 2.34. The number of nitrogens with one attached hydrogen (secondary N) is 1. The van der Waals surface area contributed by atoms with Gasteiger partial charge in [0.05, 0.1) is 6.54 Å². The number of carbonyl (C=O) groups is 1. The van der Waals surface area contributed by atoms with Gasteiger partial charge in [0.15, 0.2) is 5.82 Å². The van der Waals surface area contributed by atoms with Crippen molar-refractivity contribution in [3.63, 3.8) is 0 Å². The zero-order valence-corrected chi connectivity index (χ0v) is 12.8. The monoisotopic (exact) mass is 329 g/mol. The SMILES string of the molecule is O=C(Nc1nn(Cc2ccccc2)cc1Cl)c1cccc(F)c1. The number of halogens is 2. The zero-order chi connectivity index (χ0) is 16.2. The van der Waals surface area contributed by atoms with E-state index in [1.165, 1.54) is 18.2 Å². The first-order chi connectivity index (χ1) is 11.1. The first-order valence-electron chi connectivity index (χ1n) is 6.95. The number of hydrogen-bond donors (Lipinski definition) is 1. The molecule has 1 amide bonds. The van der Waals surface area contributed by atoms with Crippen LogP contribution in [0.2, 0.25) is 5.02 Å². The number of anilines is 1. The van der Waals surface area contributed by atoms with Crippen molar-refractivity contribution < 1.29 is 9.18 Å². The summed E-state index contributed by atoms with van der Waals surface area (Å²) < 4.78 is 14.8. The van der Waals surface area contributed by atoms with Crippen molar-refractivity contribution in [3.8, 4) is 0 Å². The quantitative estimate of drug-likeness (QED) is 0.787. The Kier molecular flexibility index (Phi) is 4.39. The summed E-state index contributed by atoms with van der Waals surface area (Å²) in [5, 5.41) is 7.17. The highest BCUT2D eigenvalue weighted by Gasteiger charge is 2.13. The Morgan fingerprint density at radius 3 is 2.70 bits per heavy atom. The van der Waals surface area contributed by atoms with Gasteiger partial charge in [-0.3, -0.25) is 9.48 Å². The lowest BCUT2D eigenvalue weighted by Crippen LogP contribution is -2.13. The smallest absolute Gasteiger partial charge is 0.257 e. The minimum absolute atomic E-state index is 0.207. The van der Waals surface area contributed by atoms with E-state index in [9.17, 15) is 9.18 Å². The maximum atomic E-state index is 13.2. The summed E-state index contributed by atoms with van der Waals surface area (Å²) in [6.07, 6.45) is 1.63. The van der Waals surface area contributed by atoms with Gasteiger partial charge in [0.25, 0.3) is 5.91 Å². The summed E-state index contributed by atoms with van der Waals surface area (Å²) in [5.41, 5.74) is 1.27. The van der Waals surface area contributed by atoms with Crippen molar-refractivity contribution in [1.29, 1.82) is 0 Å². The van der Waals surface area contributed by atoms with Gasteiger partial charge < -0.3 is 5.32 Å². The van der Waals surface area contributed by atoms with Gasteiger partial charge >= 0.3 is 0 Å². The molecule has 1 N–H and O–H groups in total. The predicted octanol–water partition coefficient (Wildman–Crippen LogP) is 3.98. The Bertz CT molecular complexity index is 833. The molecule has 0 aliphatic heterocycles. The molecule has 0 saturated heterocycles. The predicted molar refractivity (Wildman–Crippen MR) is 87.1 cm³/mol. The molecule has 3 aromatic rings. The molecular formula is C17H13ClFN3O. The molecule has 1 heterocycles. The minimum Gasteiger partial charge on any atom is -0.304 e. The van der Waals surface area contributed by atoms with Gasteiger partial charge in [-0.05, 0) is 23.8 Å². The Morgan fingerprint density at radius 1 is 1.17 bits per heavy atom. The number of amides is 1. The molecule has 0 aliphatic carbocycles. The van der Waals surface area contributed by atoms with Crippen LogP contribution in [-0.2, 0) is 6.54 Å². The molecule has 1 aromatic heterocycles. The van der Waals surface area contributed by atoms with E-state index in [0.717, 1.165) is 11.6 Å². The molecule has 0 radical (unpaired) electrons. The molecule has 0 unspecified atom stereocenters. The topological polar surface area (TPSA) is 46.9 Å². The highest BCUT2D eigenvalue weighted by atomic mass is 35.5. The van der Waals surface area contributed by atoms with Gasteiger partial charge in [-0.15, -0.1) is 0 Å². The van der Waals surface area contributed by atoms with E-state index >= 15 is 0 Å². The van der Waals surface area contributed by atoms with Crippen LogP contribution in [0.4, 0.5) is 10.2 Å². The Labute approximate surface area is 137 Å². The van der Waals surface area contributed by atoms with Gasteiger partial charge in [0, 0.05) is 11.8 Å². The number of aromatic nitrogens is 2. The van der Waals surface area contributed by atoms with Crippen molar-refractivity contribution in [1.82, 2.24) is 9.78 Å². The highest BCUT2D eigenvalue weighted by molar-refractivity contribution is 6.33. The molecule has 2 aromatic carbocycles. The lowest BCUT2D eigenvalue weighted by Gasteiger charge is -2.03. The first kappa shape index (κ1) is 15.2. The van der Waals surface area contributed by atoms with Crippen LogP contribution in [0.3, 0.4) is 0 Å². The average molecular weight is 330 g/mol. The number of nitrogens with zero attached hydrogens (tertiary/aromatic N) is 2. The molecule has 0 saturated carbocycles. The fourth-order valence-electron chi connectivity index (χ4n) is 2.14. The first-order valence-corrected chi connectivity index (χ1v) is 7.33. The van der Waals surface area contributed by atoms with Gasteiger partial charge in [-0.25, -0.2) is 4.39 Å². The third kappa shape index (κ3) is 3.76. The highest BCUT2D eigenvalue weighted by Crippen LogP contribution is 2.21. The second-order valence-electron chi connectivity index (χ2n) is 4.97. The van der Waals surface area contributed by atoms with Gasteiger partial charge in [-0.2, -0.15) is 5.10 Å². The van der Waals surface area contributed by atoms with Crippen LogP contribution in [0, 0.1) is 5.82 Å². The van der Waals surface area contributed by atoms with Crippen LogP contribution in [0.15, 0.2) is 60.8 Å². The van der Waals surface area contributed by atoms with E-state index in [1.807, 2.05) is 30.3 Å². The normalized spacial score (nSPS) is 10.5. The minimum atomic E-state index is -0.474. The van der Waals surface area contributed by atoms with Gasteiger partial charge in [0.2, 0.25) is 0 Å². The Balaban J connectivity index is 1.75. The second kappa shape index (κ2) is 6.62. The van der Waals surface area contributed by atoms with Gasteiger partial charge in [0.1, 0.15) is 10.8 Å². The van der Waals surface area contributed by atoms with Crippen LogP contribution in [0.5, 0.6) is 0 Å². The van der Waals surface area contributed by atoms with Crippen molar-refractivity contribution in [2.75, 3.05) is 5.32 Å². The van der Waals surface area contributed by atoms with E-state index in [4.69, 9.17) is 11.6 Å². The van der Waals surface area contributed by atoms with Crippen molar-refractivity contribution in [3.05, 3.63) is 82.8 Å². The van der Waals surface area contributed by atoms with E-state index < -0.39 is 11.7 Å². The van der Waals surface area contributed by atoms with Crippen molar-refractivity contribution in [2.24, 2.45) is 0 Å². The standard InChI is InChI=1S/C17H13ClFN3O/c18-15-11-22(10-12-5-2-1-3-6-12)21-16(15)20-17(23)13-7-4-8-14(19)9-13/h1-9,11H,10H2,(H,20,21,23). The van der Waals surface area contributed by atoms with E-state index in [-0.39, 0.29) is 11.4 Å². The molecular weight excluding hydrogens is 317 g/mol. The number of hydrogen-bond acceptors (Lipinski definition) is 2. The summed E-state index contributed by atoms with van der Waals surface area (Å²) >= 11 is 6.10. The molecule has 23 heavy (non-hydrogen) atoms. The molecule has 6 heteroatoms. The maximum Gasteiger partial charge on any atom is 0.257 e. The summed E-state index contributed by atoms with van der Waals surface area (Å²) in [5.74, 6) is -0.688. The Hall–Kier alpha value is -2.66. The second-order valence-corrected chi connectivity index (χ2v) is 5.38. The average Bonchev–Trinajstić information content (AvgIpc) is 2.87. The third-order valence-electron chi connectivity index (χ3n) is 3.22. The third-order valence-corrected chi connectivity index (χ3v) is 3.50. The summed E-state index contributed by atoms with van der Waals surface area (Å²) in [4.78, 5) is 12.1. The summed E-state index contributed by atoms with van der Waals surface area (Å²) in [6.45, 7) is 0.538. The van der Waals surface area contributed by atoms with E-state index in [1.54, 1.807) is 10.9 Å². The van der Waals surface area contributed by atoms with E-state index in [2.05, 4.69) is 10.4 Å². The van der Waals surface area contributed by atoms with Crippen molar-refractivity contribution in [2.45, 2.75) is 6.54 Å². The molecule has 0 atom stereocenters. The summed E-state index contributed by atoms with van der Waals surface area (Å²) in [7, 11) is 0. The lowest BCUT2D eigenvalue weighted by molar-refractivity contribution is 0.102. The number of benzene rings is 2. The largest absolute Gasteiger partial charge is 0.304 e. The summed E-state index contributed by atoms with van der Waals surface area (Å²) in [6, 6.07) is 15.2. The molecule has 0 aliphatic rings.